The minimum Gasteiger partial charge on any atom is -0.167 e. The molecule has 2 aromatic rings. The van der Waals surface area contributed by atoms with Gasteiger partial charge in [0.2, 0.25) is 6.71 Å². The molecule has 0 amide bonds. The molecule has 0 aliphatic heterocycles. The summed E-state index contributed by atoms with van der Waals surface area (Å²) >= 11 is 0. The van der Waals surface area contributed by atoms with Crippen LogP contribution >= 0.6 is 0 Å². The Labute approximate surface area is 129 Å². The zero-order chi connectivity index (χ0) is 16.2. The lowest BCUT2D eigenvalue weighted by molar-refractivity contribution is -0.0853. The van der Waals surface area contributed by atoms with Crippen LogP contribution in [0.25, 0.3) is 0 Å². The van der Waals surface area contributed by atoms with Gasteiger partial charge in [0.15, 0.2) is 0 Å². The third kappa shape index (κ3) is 3.82. The van der Waals surface area contributed by atoms with Crippen molar-refractivity contribution in [2.75, 3.05) is 0 Å². The normalized spacial score (nSPS) is 12.3. The van der Waals surface area contributed by atoms with Gasteiger partial charge in [0.05, 0.1) is 0 Å². The lowest BCUT2D eigenvalue weighted by Crippen LogP contribution is -2.48. The maximum absolute atomic E-state index is 13.5. The quantitative estimate of drug-likeness (QED) is 0.748. The van der Waals surface area contributed by atoms with Crippen molar-refractivity contribution in [3.05, 3.63) is 71.7 Å². The van der Waals surface area contributed by atoms with Crippen LogP contribution in [-0.4, -0.2) is 12.9 Å². The van der Waals surface area contributed by atoms with Gasteiger partial charge in [-0.25, -0.2) is 0 Å². The predicted molar refractivity (Wildman–Crippen MR) is 87.1 cm³/mol. The van der Waals surface area contributed by atoms with E-state index in [1.807, 2.05) is 25.1 Å². The van der Waals surface area contributed by atoms with E-state index in [0.29, 0.717) is 17.3 Å². The number of halogens is 3. The van der Waals surface area contributed by atoms with E-state index in [-0.39, 0.29) is 0 Å². The highest BCUT2D eigenvalue weighted by Gasteiger charge is 2.41. The Morgan fingerprint density at radius 3 is 2.00 bits per heavy atom. The molecule has 0 aliphatic rings. The first kappa shape index (κ1) is 16.4. The Morgan fingerprint density at radius 1 is 0.955 bits per heavy atom. The molecule has 2 rings (SSSR count). The molecule has 4 heteroatoms. The molecule has 22 heavy (non-hydrogen) atoms. The number of rotatable bonds is 4. The highest BCUT2D eigenvalue weighted by atomic mass is 19.4. The molecule has 0 heterocycles. The van der Waals surface area contributed by atoms with Crippen LogP contribution < -0.4 is 10.9 Å². The summed E-state index contributed by atoms with van der Waals surface area (Å²) in [6, 6.07) is 16.1. The Kier molecular flexibility index (Phi) is 5.12. The molecule has 0 saturated carbocycles. The highest BCUT2D eigenvalue weighted by molar-refractivity contribution is 6.91. The van der Waals surface area contributed by atoms with Crippen molar-refractivity contribution in [1.29, 1.82) is 0 Å². The topological polar surface area (TPSA) is 0 Å². The molecule has 0 fully saturated rings. The molecule has 0 radical (unpaired) electrons. The van der Waals surface area contributed by atoms with Gasteiger partial charge in [-0.2, -0.15) is 13.2 Å². The number of hydrogen-bond acceptors (Lipinski definition) is 0. The first-order valence-corrected chi connectivity index (χ1v) is 7.32. The lowest BCUT2D eigenvalue weighted by atomic mass is 9.36. The predicted octanol–water partition coefficient (Wildman–Crippen LogP) is 4.04. The van der Waals surface area contributed by atoms with E-state index in [9.17, 15) is 13.2 Å². The lowest BCUT2D eigenvalue weighted by Gasteiger charge is -2.21. The summed E-state index contributed by atoms with van der Waals surface area (Å²) < 4.78 is 40.6. The summed E-state index contributed by atoms with van der Waals surface area (Å²) in [5, 5.41) is 0. The molecule has 0 spiro atoms. The van der Waals surface area contributed by atoms with Crippen LogP contribution in [0.5, 0.6) is 0 Å². The van der Waals surface area contributed by atoms with Crippen molar-refractivity contribution in [2.45, 2.75) is 26.4 Å². The summed E-state index contributed by atoms with van der Waals surface area (Å²) in [6.07, 6.45) is -2.71. The summed E-state index contributed by atoms with van der Waals surface area (Å²) in [5.74, 6) is 0. The second kappa shape index (κ2) is 6.86. The van der Waals surface area contributed by atoms with Gasteiger partial charge in [0.1, 0.15) is 0 Å². The van der Waals surface area contributed by atoms with E-state index < -0.39 is 18.4 Å². The Balaban J connectivity index is 2.60. The van der Waals surface area contributed by atoms with E-state index in [0.717, 1.165) is 5.56 Å². The van der Waals surface area contributed by atoms with Gasteiger partial charge in [0, 0.05) is 5.47 Å². The summed E-state index contributed by atoms with van der Waals surface area (Å²) in [6.45, 7) is 2.86. The van der Waals surface area contributed by atoms with Crippen LogP contribution in [0.1, 0.15) is 18.9 Å². The first-order valence-electron chi connectivity index (χ1n) is 7.32. The molecule has 114 valence electrons. The fourth-order valence-corrected chi connectivity index (χ4v) is 2.57. The van der Waals surface area contributed by atoms with Gasteiger partial charge < -0.3 is 0 Å². The zero-order valence-electron chi connectivity index (χ0n) is 12.7. The molecule has 0 saturated heterocycles. The fraction of sp³-hybridized carbons (Fsp3) is 0.222. The highest BCUT2D eigenvalue weighted by Crippen LogP contribution is 2.28. The van der Waals surface area contributed by atoms with Gasteiger partial charge in [-0.15, -0.1) is 0 Å². The second-order valence-electron chi connectivity index (χ2n) is 5.32. The minimum absolute atomic E-state index is 0.351. The first-order chi connectivity index (χ1) is 10.4. The molecule has 0 unspecified atom stereocenters. The van der Waals surface area contributed by atoms with Crippen molar-refractivity contribution >= 4 is 17.6 Å². The standard InChI is InChI=1S/C18H18BF3/c1-3-7-17(18(20,21)22)19(15-8-5-4-6-9-15)16-12-10-14(2)11-13-16/h4-13H,3H2,1-2H3. The number of allylic oxidation sites excluding steroid dienone is 2. The number of hydrogen-bond donors (Lipinski definition) is 0. The number of aryl methyl sites for hydroxylation is 1. The van der Waals surface area contributed by atoms with Crippen molar-refractivity contribution in [3.63, 3.8) is 0 Å². The van der Waals surface area contributed by atoms with Gasteiger partial charge in [-0.1, -0.05) is 84.1 Å². The van der Waals surface area contributed by atoms with E-state index in [2.05, 4.69) is 0 Å². The maximum atomic E-state index is 13.5. The molecule has 2 aromatic carbocycles. The SMILES string of the molecule is CCC=C(B(c1ccccc1)c1ccc(C)cc1)C(F)(F)F. The fourth-order valence-electron chi connectivity index (χ4n) is 2.57. The second-order valence-corrected chi connectivity index (χ2v) is 5.32. The molecule has 0 nitrogen and oxygen atoms in total. The van der Waals surface area contributed by atoms with E-state index in [1.54, 1.807) is 43.3 Å². The van der Waals surface area contributed by atoms with Crippen LogP contribution in [-0.2, 0) is 0 Å². The maximum Gasteiger partial charge on any atom is 0.405 e. The van der Waals surface area contributed by atoms with E-state index >= 15 is 0 Å². The molecular weight excluding hydrogens is 284 g/mol. The Bertz CT molecular complexity index is 628. The van der Waals surface area contributed by atoms with Crippen molar-refractivity contribution < 1.29 is 13.2 Å². The Morgan fingerprint density at radius 2 is 1.50 bits per heavy atom. The third-order valence-electron chi connectivity index (χ3n) is 3.61. The smallest absolute Gasteiger partial charge is 0.167 e. The van der Waals surface area contributed by atoms with Gasteiger partial charge in [-0.05, 0) is 13.3 Å². The van der Waals surface area contributed by atoms with E-state index in [1.165, 1.54) is 6.08 Å². The van der Waals surface area contributed by atoms with Crippen LogP contribution in [0.3, 0.4) is 0 Å². The summed E-state index contributed by atoms with van der Waals surface area (Å²) in [7, 11) is 0. The minimum atomic E-state index is -4.35. The average molecular weight is 302 g/mol. The summed E-state index contributed by atoms with van der Waals surface area (Å²) in [5.41, 5.74) is 1.85. The van der Waals surface area contributed by atoms with Gasteiger partial charge in [0.25, 0.3) is 0 Å². The van der Waals surface area contributed by atoms with Crippen LogP contribution in [0.15, 0.2) is 66.1 Å². The van der Waals surface area contributed by atoms with Gasteiger partial charge >= 0.3 is 6.18 Å². The van der Waals surface area contributed by atoms with Crippen molar-refractivity contribution in [2.24, 2.45) is 0 Å². The van der Waals surface area contributed by atoms with E-state index in [4.69, 9.17) is 0 Å². The third-order valence-corrected chi connectivity index (χ3v) is 3.61. The molecule has 0 atom stereocenters. The molecule has 0 N–H and O–H groups in total. The van der Waals surface area contributed by atoms with Crippen LogP contribution in [0.2, 0.25) is 0 Å². The van der Waals surface area contributed by atoms with Crippen molar-refractivity contribution in [3.8, 4) is 0 Å². The number of alkyl halides is 3. The van der Waals surface area contributed by atoms with Crippen LogP contribution in [0.4, 0.5) is 13.2 Å². The van der Waals surface area contributed by atoms with Crippen LogP contribution in [0, 0.1) is 6.92 Å². The molecule has 0 bridgehead atoms. The van der Waals surface area contributed by atoms with Crippen molar-refractivity contribution in [1.82, 2.24) is 0 Å². The monoisotopic (exact) mass is 302 g/mol. The zero-order valence-corrected chi connectivity index (χ0v) is 12.7. The summed E-state index contributed by atoms with van der Waals surface area (Å²) in [4.78, 5) is 0. The van der Waals surface area contributed by atoms with Gasteiger partial charge in [-0.3, -0.25) is 0 Å². The molecule has 0 aliphatic carbocycles. The molecular formula is C18H18BF3. The number of benzene rings is 2. The largest absolute Gasteiger partial charge is 0.405 e. The average Bonchev–Trinajstić information content (AvgIpc) is 2.49. The Hall–Kier alpha value is -1.97. The molecule has 0 aromatic heterocycles.